The first-order chi connectivity index (χ1) is 67.7. The Bertz CT molecular complexity index is 8710. The van der Waals surface area contributed by atoms with Gasteiger partial charge < -0.3 is 52.5 Å². The highest BCUT2D eigenvalue weighted by atomic mass is 79.9. The third-order valence-electron chi connectivity index (χ3n) is 25.0. The lowest BCUT2D eigenvalue weighted by molar-refractivity contribution is -0.385. The second kappa shape index (κ2) is 39.3. The molecule has 670 valence electrons. The van der Waals surface area contributed by atoms with Crippen LogP contribution in [0.5, 0.6) is 17.2 Å². The van der Waals surface area contributed by atoms with Crippen LogP contribution in [0.25, 0.3) is 165 Å². The number of halogens is 1. The normalized spacial score (nSPS) is 11.2. The zero-order valence-electron chi connectivity index (χ0n) is 75.5. The molecule has 0 aliphatic rings. The van der Waals surface area contributed by atoms with Gasteiger partial charge in [-0.05, 0) is 203 Å². The number of hydrogen-bond acceptors (Lipinski definition) is 9. The highest BCUT2D eigenvalue weighted by Gasteiger charge is 2.25. The van der Waals surface area contributed by atoms with Crippen LogP contribution in [0, 0.1) is 27.2 Å². The first kappa shape index (κ1) is 89.0. The van der Waals surface area contributed by atoms with Crippen LogP contribution in [0.2, 0.25) is 0 Å². The van der Waals surface area contributed by atoms with Gasteiger partial charge in [-0.15, -0.1) is 0 Å². The number of para-hydroxylation sites is 8. The number of aromatic amines is 2. The largest absolute Gasteiger partial charge is 0.497 e. The molecule has 0 aliphatic heterocycles. The zero-order valence-corrected chi connectivity index (χ0v) is 78.0. The predicted octanol–water partition coefficient (Wildman–Crippen LogP) is 27.8. The number of ether oxygens (including phenoxy) is 3. The van der Waals surface area contributed by atoms with Gasteiger partial charge in [-0.2, -0.15) is 0 Å². The SMILES string of the molecule is COc1ccc(-c2ccc3c4ccccc4n(-c4ccccc4)c3c2)c([N+](=O)[O-])c1.COc1ccc(Br)c([N+](=O)[O-])c1.COc1ccc2c(c1)[nH]c1cc3c4ccccc4n(-c4ccccc4)c3cc12.Cc1ccc2c(c1)[nH]c1c2ccc2c3ccccc3n(-c3ccccc3)c21.OB(O)c1ccc2c3ccccc3n(-c3ccccc3)c2c1.c1ccc(P(c2ccccc2)c2ccccc2)cc1. The van der Waals surface area contributed by atoms with E-state index >= 15 is 0 Å². The molecule has 0 spiro atoms. The van der Waals surface area contributed by atoms with E-state index in [0.29, 0.717) is 27.0 Å². The molecule has 0 saturated heterocycles. The molecular weight excluding hydrogens is 1800 g/mol. The maximum atomic E-state index is 11.7. The predicted molar refractivity (Wildman–Crippen MR) is 574 cm³/mol. The third kappa shape index (κ3) is 17.5. The Hall–Kier alpha value is -16.9. The van der Waals surface area contributed by atoms with Gasteiger partial charge in [-0.3, -0.25) is 20.2 Å². The Balaban J connectivity index is 0.000000104. The average molecular weight is 1880 g/mol. The molecule has 0 unspecified atom stereocenters. The molecule has 0 atom stereocenters. The smallest absolute Gasteiger partial charge is 0.488 e. The van der Waals surface area contributed by atoms with E-state index in [1.54, 1.807) is 37.4 Å². The molecule has 6 aromatic heterocycles. The van der Waals surface area contributed by atoms with Gasteiger partial charge in [-0.1, -0.05) is 285 Å². The fraction of sp³-hybridized carbons (Fsp3) is 0.0339. The van der Waals surface area contributed by atoms with Crippen molar-refractivity contribution < 1.29 is 34.1 Å². The first-order valence-corrected chi connectivity index (χ1v) is 47.2. The van der Waals surface area contributed by atoms with Crippen LogP contribution in [0.4, 0.5) is 11.4 Å². The van der Waals surface area contributed by atoms with E-state index in [-0.39, 0.29) is 16.3 Å². The summed E-state index contributed by atoms with van der Waals surface area (Å²) >= 11 is 3.06. The van der Waals surface area contributed by atoms with E-state index in [2.05, 4.69) is 342 Å². The lowest BCUT2D eigenvalue weighted by Crippen LogP contribution is -2.29. The van der Waals surface area contributed by atoms with Gasteiger partial charge in [0.15, 0.2) is 0 Å². The van der Waals surface area contributed by atoms with Crippen LogP contribution in [-0.2, 0) is 0 Å². The number of rotatable bonds is 14. The number of fused-ring (bicyclic) bond motifs is 19. The molecule has 25 rings (SSSR count). The fourth-order valence-corrected chi connectivity index (χ4v) is 21.4. The number of nitrogens with one attached hydrogen (secondary N) is 2. The van der Waals surface area contributed by atoms with Gasteiger partial charge in [0, 0.05) is 104 Å². The molecule has 6 heterocycles. The van der Waals surface area contributed by atoms with Crippen LogP contribution in [0.15, 0.2) is 447 Å². The molecule has 0 aliphatic carbocycles. The lowest BCUT2D eigenvalue weighted by Gasteiger charge is -2.18. The third-order valence-corrected chi connectivity index (χ3v) is 28.1. The molecule has 20 heteroatoms. The number of nitrogens with zero attached hydrogens (tertiary/aromatic N) is 6. The summed E-state index contributed by atoms with van der Waals surface area (Å²) in [7, 11) is 2.76. The summed E-state index contributed by atoms with van der Waals surface area (Å²) in [6, 6.07) is 151. The maximum absolute atomic E-state index is 11.7. The Morgan fingerprint density at radius 3 is 1.15 bits per heavy atom. The molecular formula is C118H89BBrN8O9P. The van der Waals surface area contributed by atoms with Crippen molar-refractivity contribution in [2.24, 2.45) is 0 Å². The topological polar surface area (TPSA) is 206 Å². The van der Waals surface area contributed by atoms with Crippen molar-refractivity contribution in [3.05, 3.63) is 473 Å². The quantitative estimate of drug-likeness (QED) is 0.0353. The van der Waals surface area contributed by atoms with E-state index in [0.717, 1.165) is 77.3 Å². The Morgan fingerprint density at radius 1 is 0.304 bits per heavy atom. The van der Waals surface area contributed by atoms with Gasteiger partial charge in [-0.25, -0.2) is 0 Å². The molecule has 138 heavy (non-hydrogen) atoms. The van der Waals surface area contributed by atoms with Crippen LogP contribution < -0.4 is 35.6 Å². The van der Waals surface area contributed by atoms with E-state index < -0.39 is 20.0 Å². The lowest BCUT2D eigenvalue weighted by atomic mass is 9.80. The van der Waals surface area contributed by atoms with Crippen molar-refractivity contribution in [2.75, 3.05) is 21.3 Å². The summed E-state index contributed by atoms with van der Waals surface area (Å²) < 4.78 is 24.9. The Kier molecular flexibility index (Phi) is 25.4. The standard InChI is InChI=1S/C25H18N2O3.C25H18N2O.C25H18N2.C18H14BNO2.C18H15P.C7H6BrNO3/c1-30-19-12-14-20(25(16-19)27(28)29)17-11-13-22-21-9-5-6-10-23(21)26(24(22)15-17)18-7-3-2-4-8-18;1-28-17-11-12-18-20-15-25-21(14-23(20)26-22(18)13-17)19-9-5-6-10-24(19)27(25)16-7-3-2-4-8-16;1-16-11-12-18-20-13-14-21-19-9-5-6-10-23(19)27(17-7-3-2-4-8-17)25(21)24(20)26-22(18)15-16;21-19(22)13-10-11-16-15-8-4-5-9-17(15)20(18(16)12-13)14-6-2-1-3-7-14;1-4-10-16(11-5-1)19(17-12-6-2-7-13-17)18-14-8-3-9-15-18;1-12-5-2-3-6(8)7(4-5)9(10)11/h2-16H,1H3;2-15,26H,1H3;2-15,26H,1H3;1-12,21-22H;1-15H;2-4H,1H3. The monoisotopic (exact) mass is 1880 g/mol. The van der Waals surface area contributed by atoms with Gasteiger partial charge in [0.1, 0.15) is 17.2 Å². The van der Waals surface area contributed by atoms with E-state index in [9.17, 15) is 30.3 Å². The maximum Gasteiger partial charge on any atom is 0.488 e. The summed E-state index contributed by atoms with van der Waals surface area (Å²) in [6.45, 7) is 2.14. The van der Waals surface area contributed by atoms with E-state index in [4.69, 9.17) is 14.2 Å². The van der Waals surface area contributed by atoms with Crippen LogP contribution >= 0.6 is 23.9 Å². The number of nitro groups is 2. The van der Waals surface area contributed by atoms with Crippen LogP contribution in [0.3, 0.4) is 0 Å². The summed E-state index contributed by atoms with van der Waals surface area (Å²) in [5.41, 5.74) is 21.4. The zero-order chi connectivity index (χ0) is 94.4. The molecule has 4 N–H and O–H groups in total. The van der Waals surface area contributed by atoms with Gasteiger partial charge in [0.25, 0.3) is 11.4 Å². The number of benzene rings is 19. The Morgan fingerprint density at radius 2 is 0.659 bits per heavy atom. The first-order valence-electron chi connectivity index (χ1n) is 45.0. The van der Waals surface area contributed by atoms with Crippen molar-refractivity contribution in [2.45, 2.75) is 6.92 Å². The van der Waals surface area contributed by atoms with E-state index in [1.165, 1.54) is 135 Å². The molecule has 0 fully saturated rings. The molecule has 0 radical (unpaired) electrons. The highest BCUT2D eigenvalue weighted by Crippen LogP contribution is 2.44. The number of aromatic nitrogens is 6. The van der Waals surface area contributed by atoms with Crippen molar-refractivity contribution >= 4 is 195 Å². The second-order valence-corrected chi connectivity index (χ2v) is 36.3. The number of nitro benzene ring substituents is 2. The molecule has 0 amide bonds. The summed E-state index contributed by atoms with van der Waals surface area (Å²) in [4.78, 5) is 28.6. The number of aryl methyl sites for hydroxylation is 1. The van der Waals surface area contributed by atoms with Gasteiger partial charge in [0.05, 0.1) is 109 Å². The number of H-pyrrole nitrogens is 2. The second-order valence-electron chi connectivity index (χ2n) is 33.2. The number of methoxy groups -OCH3 is 3. The van der Waals surface area contributed by atoms with E-state index in [1.807, 2.05) is 109 Å². The van der Waals surface area contributed by atoms with Gasteiger partial charge >= 0.3 is 7.12 Å². The van der Waals surface area contributed by atoms with Crippen molar-refractivity contribution in [3.8, 4) is 51.1 Å². The van der Waals surface area contributed by atoms with Crippen molar-refractivity contribution in [3.63, 3.8) is 0 Å². The number of hydrogen-bond donors (Lipinski definition) is 4. The summed E-state index contributed by atoms with van der Waals surface area (Å²) in [5, 5.41) is 59.8. The summed E-state index contributed by atoms with van der Waals surface area (Å²) in [6.07, 6.45) is 0. The van der Waals surface area contributed by atoms with Crippen LogP contribution in [-0.4, -0.2) is 76.6 Å². The summed E-state index contributed by atoms with van der Waals surface area (Å²) in [5.74, 6) is 1.80. The van der Waals surface area contributed by atoms with Gasteiger partial charge in [0.2, 0.25) is 0 Å². The van der Waals surface area contributed by atoms with Crippen LogP contribution in [0.1, 0.15) is 5.56 Å². The Labute approximate surface area is 803 Å². The molecule has 17 nitrogen and oxygen atoms in total. The molecule has 25 aromatic rings. The minimum atomic E-state index is -1.47. The van der Waals surface area contributed by atoms with Crippen molar-refractivity contribution in [1.29, 1.82) is 0 Å². The minimum Gasteiger partial charge on any atom is -0.497 e. The molecule has 0 saturated carbocycles. The molecule has 0 bridgehead atoms. The fourth-order valence-electron chi connectivity index (χ4n) is 18.7. The average Bonchev–Trinajstić information content (AvgIpc) is 1.56. The molecule has 19 aromatic carbocycles. The van der Waals surface area contributed by atoms with Crippen molar-refractivity contribution in [1.82, 2.24) is 28.2 Å². The highest BCUT2D eigenvalue weighted by molar-refractivity contribution is 9.10. The minimum absolute atomic E-state index is 0.00866.